The lowest BCUT2D eigenvalue weighted by Crippen LogP contribution is -2.45. The third-order valence-corrected chi connectivity index (χ3v) is 3.34. The Morgan fingerprint density at radius 1 is 1.41 bits per heavy atom. The average molecular weight is 311 g/mol. The summed E-state index contributed by atoms with van der Waals surface area (Å²) in [7, 11) is 1.56. The first-order chi connectivity index (χ1) is 10.2. The summed E-state index contributed by atoms with van der Waals surface area (Å²) in [4.78, 5) is 16.5. The van der Waals surface area contributed by atoms with Gasteiger partial charge in [-0.1, -0.05) is 0 Å². The van der Waals surface area contributed by atoms with Gasteiger partial charge in [0.1, 0.15) is 11.2 Å². The van der Waals surface area contributed by atoms with Crippen LogP contribution in [0.5, 0.6) is 0 Å². The summed E-state index contributed by atoms with van der Waals surface area (Å²) in [5.41, 5.74) is -1.27. The van der Waals surface area contributed by atoms with Crippen molar-refractivity contribution in [2.45, 2.75) is 38.9 Å². The normalized spacial score (nSPS) is 22.1. The van der Waals surface area contributed by atoms with Gasteiger partial charge >= 0.3 is 6.09 Å². The lowest BCUT2D eigenvalue weighted by molar-refractivity contribution is 0.00534. The number of carbonyl (C=O) groups excluding carboxylic acids is 1. The van der Waals surface area contributed by atoms with E-state index in [2.05, 4.69) is 4.98 Å². The van der Waals surface area contributed by atoms with Gasteiger partial charge in [-0.15, -0.1) is 0 Å². The number of carbonyl (C=O) groups is 1. The molecule has 1 fully saturated rings. The van der Waals surface area contributed by atoms with Crippen LogP contribution in [0.4, 0.5) is 15.0 Å². The molecule has 1 aromatic heterocycles. The van der Waals surface area contributed by atoms with Gasteiger partial charge < -0.3 is 9.47 Å². The van der Waals surface area contributed by atoms with Gasteiger partial charge in [0.25, 0.3) is 0 Å². The number of methoxy groups -OCH3 is 1. The molecule has 0 spiro atoms. The van der Waals surface area contributed by atoms with Gasteiger partial charge in [-0.3, -0.25) is 5.01 Å². The number of hydrazine groups is 1. The van der Waals surface area contributed by atoms with Gasteiger partial charge in [0.15, 0.2) is 11.6 Å². The lowest BCUT2D eigenvalue weighted by atomic mass is 10.1. The van der Waals surface area contributed by atoms with Crippen LogP contribution in [0.1, 0.15) is 27.7 Å². The molecule has 0 aromatic carbocycles. The predicted molar refractivity (Wildman–Crippen MR) is 79.9 cm³/mol. The van der Waals surface area contributed by atoms with Crippen molar-refractivity contribution in [2.24, 2.45) is 0 Å². The number of pyridine rings is 1. The number of ether oxygens (including phenoxy) is 2. The van der Waals surface area contributed by atoms with Crippen molar-refractivity contribution in [1.29, 1.82) is 0 Å². The standard InChI is InChI=1S/C15H22FN3O3/c1-14(2,3)22-13(20)19-10-15(4,21-5)9-18(19)12-11(16)7-6-8-17-12/h6-8H,9-10H2,1-5H3. The summed E-state index contributed by atoms with van der Waals surface area (Å²) in [6.45, 7) is 7.75. The average Bonchev–Trinajstić information content (AvgIpc) is 2.76. The molecule has 22 heavy (non-hydrogen) atoms. The van der Waals surface area contributed by atoms with Crippen LogP contribution in [-0.4, -0.2) is 47.5 Å². The third-order valence-electron chi connectivity index (χ3n) is 3.34. The Morgan fingerprint density at radius 3 is 2.64 bits per heavy atom. The second-order valence-corrected chi connectivity index (χ2v) is 6.56. The van der Waals surface area contributed by atoms with Crippen molar-refractivity contribution in [2.75, 3.05) is 25.2 Å². The molecular weight excluding hydrogens is 289 g/mol. The predicted octanol–water partition coefficient (Wildman–Crippen LogP) is 2.60. The highest BCUT2D eigenvalue weighted by Gasteiger charge is 2.45. The zero-order valence-corrected chi connectivity index (χ0v) is 13.6. The maximum atomic E-state index is 14.0. The fourth-order valence-corrected chi connectivity index (χ4v) is 2.22. The van der Waals surface area contributed by atoms with E-state index >= 15 is 0 Å². The molecule has 0 aliphatic carbocycles. The lowest BCUT2D eigenvalue weighted by Gasteiger charge is -2.30. The highest BCUT2D eigenvalue weighted by atomic mass is 19.1. The van der Waals surface area contributed by atoms with E-state index < -0.39 is 23.1 Å². The van der Waals surface area contributed by atoms with Crippen molar-refractivity contribution in [3.05, 3.63) is 24.1 Å². The van der Waals surface area contributed by atoms with Gasteiger partial charge in [0.05, 0.1) is 13.1 Å². The van der Waals surface area contributed by atoms with Crippen molar-refractivity contribution in [3.63, 3.8) is 0 Å². The first-order valence-electron chi connectivity index (χ1n) is 7.09. The molecule has 7 heteroatoms. The minimum atomic E-state index is -0.641. The maximum absolute atomic E-state index is 14.0. The molecule has 1 amide bonds. The van der Waals surface area contributed by atoms with E-state index in [0.717, 1.165) is 0 Å². The molecule has 2 rings (SSSR count). The molecule has 0 bridgehead atoms. The van der Waals surface area contributed by atoms with Crippen LogP contribution in [0.15, 0.2) is 18.3 Å². The molecule has 1 aliphatic heterocycles. The monoisotopic (exact) mass is 311 g/mol. The van der Waals surface area contributed by atoms with Crippen molar-refractivity contribution >= 4 is 11.9 Å². The van der Waals surface area contributed by atoms with Crippen LogP contribution in [0.25, 0.3) is 0 Å². The van der Waals surface area contributed by atoms with Crippen LogP contribution < -0.4 is 5.01 Å². The molecule has 1 aliphatic rings. The zero-order valence-electron chi connectivity index (χ0n) is 13.6. The van der Waals surface area contributed by atoms with Crippen molar-refractivity contribution < 1.29 is 18.7 Å². The molecule has 1 aromatic rings. The molecule has 1 atom stereocenters. The topological polar surface area (TPSA) is 54.9 Å². The highest BCUT2D eigenvalue weighted by molar-refractivity contribution is 5.71. The number of halogens is 1. The van der Waals surface area contributed by atoms with Crippen LogP contribution in [-0.2, 0) is 9.47 Å². The van der Waals surface area contributed by atoms with E-state index in [9.17, 15) is 9.18 Å². The fourth-order valence-electron chi connectivity index (χ4n) is 2.22. The number of hydrogen-bond donors (Lipinski definition) is 0. The fraction of sp³-hybridized carbons (Fsp3) is 0.600. The summed E-state index contributed by atoms with van der Waals surface area (Å²) in [6, 6.07) is 2.81. The summed E-state index contributed by atoms with van der Waals surface area (Å²) >= 11 is 0. The third kappa shape index (κ3) is 3.47. The second-order valence-electron chi connectivity index (χ2n) is 6.56. The van der Waals surface area contributed by atoms with E-state index in [4.69, 9.17) is 9.47 Å². The van der Waals surface area contributed by atoms with E-state index in [1.54, 1.807) is 27.9 Å². The molecular formula is C15H22FN3O3. The highest BCUT2D eigenvalue weighted by Crippen LogP contribution is 2.30. The number of aromatic nitrogens is 1. The van der Waals surface area contributed by atoms with Crippen molar-refractivity contribution in [3.8, 4) is 0 Å². The first kappa shape index (κ1) is 16.5. The SMILES string of the molecule is COC1(C)CN(C(=O)OC(C)(C)C)N(c2ncccc2F)C1. The van der Waals surface area contributed by atoms with Gasteiger partial charge in [0, 0.05) is 13.3 Å². The number of hydrogen-bond acceptors (Lipinski definition) is 5. The Labute approximate surface area is 129 Å². The largest absolute Gasteiger partial charge is 0.442 e. The molecule has 2 heterocycles. The second kappa shape index (κ2) is 5.72. The minimum absolute atomic E-state index is 0.0779. The van der Waals surface area contributed by atoms with Crippen LogP contribution in [0, 0.1) is 5.82 Å². The molecule has 122 valence electrons. The van der Waals surface area contributed by atoms with E-state index in [0.29, 0.717) is 6.54 Å². The molecule has 1 saturated heterocycles. The summed E-state index contributed by atoms with van der Waals surface area (Å²) < 4.78 is 24.9. The number of anilines is 1. The van der Waals surface area contributed by atoms with E-state index in [1.807, 2.05) is 6.92 Å². The van der Waals surface area contributed by atoms with Crippen molar-refractivity contribution in [1.82, 2.24) is 9.99 Å². The Kier molecular flexibility index (Phi) is 4.28. The van der Waals surface area contributed by atoms with Crippen LogP contribution in [0.2, 0.25) is 0 Å². The Bertz CT molecular complexity index is 561. The summed E-state index contributed by atoms with van der Waals surface area (Å²) in [5.74, 6) is -0.425. The number of rotatable bonds is 2. The van der Waals surface area contributed by atoms with Crippen LogP contribution in [0.3, 0.4) is 0 Å². The maximum Gasteiger partial charge on any atom is 0.429 e. The quantitative estimate of drug-likeness (QED) is 0.840. The summed E-state index contributed by atoms with van der Waals surface area (Å²) in [5, 5.41) is 2.80. The van der Waals surface area contributed by atoms with E-state index in [-0.39, 0.29) is 12.4 Å². The van der Waals surface area contributed by atoms with Crippen LogP contribution >= 0.6 is 0 Å². The first-order valence-corrected chi connectivity index (χ1v) is 7.09. The Balaban J connectivity index is 2.32. The smallest absolute Gasteiger partial charge is 0.429 e. The van der Waals surface area contributed by atoms with E-state index in [1.165, 1.54) is 28.3 Å². The summed E-state index contributed by atoms with van der Waals surface area (Å²) in [6.07, 6.45) is 0.923. The van der Waals surface area contributed by atoms with Gasteiger partial charge in [-0.2, -0.15) is 0 Å². The molecule has 0 saturated carbocycles. The molecule has 0 radical (unpaired) electrons. The minimum Gasteiger partial charge on any atom is -0.442 e. The molecule has 1 unspecified atom stereocenters. The molecule has 0 N–H and O–H groups in total. The van der Waals surface area contributed by atoms with Gasteiger partial charge in [-0.05, 0) is 39.8 Å². The van der Waals surface area contributed by atoms with Gasteiger partial charge in [-0.25, -0.2) is 19.2 Å². The van der Waals surface area contributed by atoms with Gasteiger partial charge in [0.2, 0.25) is 0 Å². The molecule has 6 nitrogen and oxygen atoms in total. The number of nitrogens with zero attached hydrogens (tertiary/aromatic N) is 3. The zero-order chi connectivity index (χ0) is 16.5. The Hall–Kier alpha value is -1.89. The Morgan fingerprint density at radius 2 is 2.09 bits per heavy atom. The number of amides is 1.